The van der Waals surface area contributed by atoms with Gasteiger partial charge in [-0.05, 0) is 37.6 Å². The Bertz CT molecular complexity index is 678. The molecule has 23 heavy (non-hydrogen) atoms. The van der Waals surface area contributed by atoms with Crippen molar-refractivity contribution in [2.75, 3.05) is 11.9 Å². The van der Waals surface area contributed by atoms with Crippen LogP contribution in [-0.4, -0.2) is 28.8 Å². The van der Waals surface area contributed by atoms with E-state index < -0.39 is 0 Å². The van der Waals surface area contributed by atoms with Crippen LogP contribution >= 0.6 is 0 Å². The van der Waals surface area contributed by atoms with E-state index in [-0.39, 0.29) is 12.0 Å². The second kappa shape index (κ2) is 6.83. The van der Waals surface area contributed by atoms with Crippen LogP contribution in [0.5, 0.6) is 5.75 Å². The van der Waals surface area contributed by atoms with Gasteiger partial charge in [0, 0.05) is 36.5 Å². The van der Waals surface area contributed by atoms with Crippen LogP contribution in [0.1, 0.15) is 42.0 Å². The lowest BCUT2D eigenvalue weighted by molar-refractivity contribution is 0.102. The van der Waals surface area contributed by atoms with Crippen molar-refractivity contribution in [3.05, 3.63) is 41.2 Å². The van der Waals surface area contributed by atoms with E-state index in [1.165, 1.54) is 0 Å². The van der Waals surface area contributed by atoms with E-state index in [0.29, 0.717) is 12.2 Å². The number of benzene rings is 1. The fourth-order valence-corrected chi connectivity index (χ4v) is 2.54. The summed E-state index contributed by atoms with van der Waals surface area (Å²) >= 11 is 0. The highest BCUT2D eigenvalue weighted by atomic mass is 16.5. The number of aromatic amines is 1. The molecule has 1 aromatic carbocycles. The van der Waals surface area contributed by atoms with Crippen molar-refractivity contribution in [3.63, 3.8) is 0 Å². The van der Waals surface area contributed by atoms with Gasteiger partial charge in [-0.25, -0.2) is 0 Å². The molecule has 0 saturated carbocycles. The lowest BCUT2D eigenvalue weighted by atomic mass is 10.1. The van der Waals surface area contributed by atoms with Gasteiger partial charge >= 0.3 is 0 Å². The van der Waals surface area contributed by atoms with E-state index in [1.54, 1.807) is 0 Å². The number of ether oxygens (including phenoxy) is 1. The number of H-pyrrole nitrogens is 1. The number of nitrogens with zero attached hydrogens (tertiary/aromatic N) is 1. The van der Waals surface area contributed by atoms with Crippen molar-refractivity contribution in [1.82, 2.24) is 15.5 Å². The Morgan fingerprint density at radius 3 is 2.91 bits per heavy atom. The summed E-state index contributed by atoms with van der Waals surface area (Å²) < 4.78 is 5.73. The standard InChI is InChI=1S/C17H22N4O2/c1-3-11(2)23-13-6-4-12(5-7-13)19-17(22)16-14-10-18-9-8-15(14)20-21-16/h4-7,11,18H,3,8-10H2,1-2H3,(H,19,22)(H,20,21). The summed E-state index contributed by atoms with van der Waals surface area (Å²) in [6, 6.07) is 7.41. The average molecular weight is 314 g/mol. The molecule has 0 bridgehead atoms. The molecule has 2 heterocycles. The highest BCUT2D eigenvalue weighted by Gasteiger charge is 2.21. The number of rotatable bonds is 5. The molecule has 0 fully saturated rings. The third-order valence-electron chi connectivity index (χ3n) is 4.05. The minimum absolute atomic E-state index is 0.179. The zero-order valence-electron chi connectivity index (χ0n) is 13.5. The molecule has 2 aromatic rings. The molecule has 0 saturated heterocycles. The maximum absolute atomic E-state index is 12.4. The Hall–Kier alpha value is -2.34. The SMILES string of the molecule is CCC(C)Oc1ccc(NC(=O)c2n[nH]c3c2CNCC3)cc1. The van der Waals surface area contributed by atoms with Crippen LogP contribution in [0.2, 0.25) is 0 Å². The predicted octanol–water partition coefficient (Wildman–Crippen LogP) is 2.49. The van der Waals surface area contributed by atoms with Gasteiger partial charge in [0.15, 0.2) is 5.69 Å². The summed E-state index contributed by atoms with van der Waals surface area (Å²) in [7, 11) is 0. The molecule has 1 aliphatic heterocycles. The van der Waals surface area contributed by atoms with Crippen molar-refractivity contribution < 1.29 is 9.53 Å². The maximum Gasteiger partial charge on any atom is 0.276 e. The minimum atomic E-state index is -0.193. The third kappa shape index (κ3) is 3.53. The number of amides is 1. The first-order valence-corrected chi connectivity index (χ1v) is 8.02. The predicted molar refractivity (Wildman–Crippen MR) is 88.8 cm³/mol. The molecule has 6 heteroatoms. The van der Waals surface area contributed by atoms with Crippen LogP contribution in [-0.2, 0) is 13.0 Å². The van der Waals surface area contributed by atoms with E-state index in [1.807, 2.05) is 31.2 Å². The van der Waals surface area contributed by atoms with E-state index in [0.717, 1.165) is 42.1 Å². The van der Waals surface area contributed by atoms with E-state index in [9.17, 15) is 4.79 Å². The number of aromatic nitrogens is 2. The number of fused-ring (bicyclic) bond motifs is 1. The normalized spacial score (nSPS) is 14.9. The molecule has 0 radical (unpaired) electrons. The third-order valence-corrected chi connectivity index (χ3v) is 4.05. The molecule has 1 aromatic heterocycles. The molecular formula is C17H22N4O2. The molecule has 122 valence electrons. The molecule has 0 aliphatic carbocycles. The van der Waals surface area contributed by atoms with Crippen LogP contribution in [0.25, 0.3) is 0 Å². The Labute approximate surface area is 135 Å². The van der Waals surface area contributed by atoms with Crippen LogP contribution in [0, 0.1) is 0 Å². The van der Waals surface area contributed by atoms with Gasteiger partial charge < -0.3 is 15.4 Å². The molecular weight excluding hydrogens is 292 g/mol. The van der Waals surface area contributed by atoms with Crippen LogP contribution < -0.4 is 15.4 Å². The zero-order valence-corrected chi connectivity index (χ0v) is 13.5. The Morgan fingerprint density at radius 2 is 2.17 bits per heavy atom. The van der Waals surface area contributed by atoms with Crippen LogP contribution in [0.3, 0.4) is 0 Å². The van der Waals surface area contributed by atoms with Crippen molar-refractivity contribution in [2.45, 2.75) is 39.3 Å². The Kier molecular flexibility index (Phi) is 4.62. The number of carbonyl (C=O) groups excluding carboxylic acids is 1. The van der Waals surface area contributed by atoms with Crippen molar-refractivity contribution in [2.24, 2.45) is 0 Å². The maximum atomic E-state index is 12.4. The van der Waals surface area contributed by atoms with Gasteiger partial charge in [0.2, 0.25) is 0 Å². The smallest absolute Gasteiger partial charge is 0.276 e. The summed E-state index contributed by atoms with van der Waals surface area (Å²) in [5.41, 5.74) is 3.20. The quantitative estimate of drug-likeness (QED) is 0.792. The summed E-state index contributed by atoms with van der Waals surface area (Å²) in [5, 5.41) is 13.3. The van der Waals surface area contributed by atoms with Crippen LogP contribution in [0.15, 0.2) is 24.3 Å². The number of carbonyl (C=O) groups is 1. The number of hydrogen-bond donors (Lipinski definition) is 3. The fraction of sp³-hybridized carbons (Fsp3) is 0.412. The topological polar surface area (TPSA) is 79.0 Å². The lowest BCUT2D eigenvalue weighted by Gasteiger charge is -2.14. The summed E-state index contributed by atoms with van der Waals surface area (Å²) in [4.78, 5) is 12.4. The number of anilines is 1. The van der Waals surface area contributed by atoms with Gasteiger partial charge in [0.25, 0.3) is 5.91 Å². The highest BCUT2D eigenvalue weighted by molar-refractivity contribution is 6.04. The molecule has 1 unspecified atom stereocenters. The molecule has 3 rings (SSSR count). The first-order chi connectivity index (χ1) is 11.2. The average Bonchev–Trinajstić information content (AvgIpc) is 3.00. The molecule has 0 spiro atoms. The van der Waals surface area contributed by atoms with Crippen molar-refractivity contribution in [1.29, 1.82) is 0 Å². The minimum Gasteiger partial charge on any atom is -0.491 e. The highest BCUT2D eigenvalue weighted by Crippen LogP contribution is 2.20. The largest absolute Gasteiger partial charge is 0.491 e. The second-order valence-corrected chi connectivity index (χ2v) is 5.77. The molecule has 1 atom stereocenters. The summed E-state index contributed by atoms with van der Waals surface area (Å²) in [6.07, 6.45) is 2.01. The van der Waals surface area contributed by atoms with Crippen molar-refractivity contribution in [3.8, 4) is 5.75 Å². The van der Waals surface area contributed by atoms with E-state index in [4.69, 9.17) is 4.74 Å². The Balaban J connectivity index is 1.67. The molecule has 6 nitrogen and oxygen atoms in total. The fourth-order valence-electron chi connectivity index (χ4n) is 2.54. The first kappa shape index (κ1) is 15.6. The second-order valence-electron chi connectivity index (χ2n) is 5.77. The zero-order chi connectivity index (χ0) is 16.2. The Morgan fingerprint density at radius 1 is 1.39 bits per heavy atom. The van der Waals surface area contributed by atoms with Crippen LogP contribution in [0.4, 0.5) is 5.69 Å². The molecule has 1 amide bonds. The number of nitrogens with one attached hydrogen (secondary N) is 3. The molecule has 3 N–H and O–H groups in total. The first-order valence-electron chi connectivity index (χ1n) is 8.02. The summed E-state index contributed by atoms with van der Waals surface area (Å²) in [5.74, 6) is 0.612. The molecule has 1 aliphatic rings. The monoisotopic (exact) mass is 314 g/mol. The van der Waals surface area contributed by atoms with E-state index in [2.05, 4.69) is 27.8 Å². The van der Waals surface area contributed by atoms with Gasteiger partial charge in [0.05, 0.1) is 6.10 Å². The van der Waals surface area contributed by atoms with Gasteiger partial charge in [-0.15, -0.1) is 0 Å². The lowest BCUT2D eigenvalue weighted by Crippen LogP contribution is -2.25. The van der Waals surface area contributed by atoms with E-state index >= 15 is 0 Å². The van der Waals surface area contributed by atoms with Crippen molar-refractivity contribution >= 4 is 11.6 Å². The summed E-state index contributed by atoms with van der Waals surface area (Å²) in [6.45, 7) is 5.70. The van der Waals surface area contributed by atoms with Gasteiger partial charge in [-0.2, -0.15) is 5.10 Å². The van der Waals surface area contributed by atoms with Gasteiger partial charge in [0.1, 0.15) is 5.75 Å². The van der Waals surface area contributed by atoms with Gasteiger partial charge in [-0.1, -0.05) is 6.92 Å². The van der Waals surface area contributed by atoms with Gasteiger partial charge in [-0.3, -0.25) is 9.89 Å². The number of hydrogen-bond acceptors (Lipinski definition) is 4.